The lowest BCUT2D eigenvalue weighted by Gasteiger charge is -2.28. The number of amides is 1. The summed E-state index contributed by atoms with van der Waals surface area (Å²) >= 11 is 1.50. The van der Waals surface area contributed by atoms with Crippen molar-refractivity contribution in [3.8, 4) is 22.8 Å². The maximum atomic E-state index is 12.9. The molecule has 6 nitrogen and oxygen atoms in total. The molecule has 3 heterocycles. The van der Waals surface area contributed by atoms with Gasteiger partial charge in [-0.3, -0.25) is 4.79 Å². The summed E-state index contributed by atoms with van der Waals surface area (Å²) in [5, 5.41) is 0.859. The van der Waals surface area contributed by atoms with E-state index in [2.05, 4.69) is 34.7 Å². The van der Waals surface area contributed by atoms with Crippen molar-refractivity contribution in [2.75, 3.05) is 25.5 Å². The Kier molecular flexibility index (Phi) is 5.59. The third-order valence-corrected chi connectivity index (χ3v) is 6.76. The Morgan fingerprint density at radius 2 is 1.90 bits per heavy atom. The number of fused-ring (bicyclic) bond motifs is 2. The zero-order chi connectivity index (χ0) is 21.2. The van der Waals surface area contributed by atoms with Crippen LogP contribution in [0.5, 0.6) is 11.5 Å². The van der Waals surface area contributed by atoms with Gasteiger partial charge in [0.25, 0.3) is 0 Å². The van der Waals surface area contributed by atoms with Crippen molar-refractivity contribution >= 4 is 17.7 Å². The third kappa shape index (κ3) is 4.02. The van der Waals surface area contributed by atoms with Crippen molar-refractivity contribution in [2.45, 2.75) is 31.6 Å². The maximum absolute atomic E-state index is 12.9. The van der Waals surface area contributed by atoms with Gasteiger partial charge in [0.05, 0.1) is 17.6 Å². The monoisotopic (exact) mass is 435 g/mol. The van der Waals surface area contributed by atoms with Gasteiger partial charge in [-0.25, -0.2) is 4.98 Å². The first-order valence-electron chi connectivity index (χ1n) is 10.7. The molecule has 0 aliphatic carbocycles. The van der Waals surface area contributed by atoms with Crippen LogP contribution in [0, 0.1) is 0 Å². The number of nitrogens with zero attached hydrogens (tertiary/aromatic N) is 3. The quantitative estimate of drug-likeness (QED) is 0.567. The summed E-state index contributed by atoms with van der Waals surface area (Å²) in [5.74, 6) is 2.09. The number of benzene rings is 2. The van der Waals surface area contributed by atoms with E-state index in [0.29, 0.717) is 25.5 Å². The molecule has 5 rings (SSSR count). The number of rotatable bonds is 5. The van der Waals surface area contributed by atoms with E-state index < -0.39 is 0 Å². The molecular formula is C24H25N3O3S. The summed E-state index contributed by atoms with van der Waals surface area (Å²) in [6.07, 6.45) is 2.79. The Balaban J connectivity index is 1.29. The highest BCUT2D eigenvalue weighted by atomic mass is 32.2. The predicted molar refractivity (Wildman–Crippen MR) is 121 cm³/mol. The number of hydrogen-bond donors (Lipinski definition) is 0. The highest BCUT2D eigenvalue weighted by Gasteiger charge is 2.22. The molecule has 0 unspecified atom stereocenters. The minimum atomic E-state index is 0.158. The molecule has 0 atom stereocenters. The van der Waals surface area contributed by atoms with E-state index in [1.54, 1.807) is 0 Å². The summed E-state index contributed by atoms with van der Waals surface area (Å²) in [7, 11) is 0. The van der Waals surface area contributed by atoms with Gasteiger partial charge in [-0.05, 0) is 42.7 Å². The second-order valence-corrected chi connectivity index (χ2v) is 8.59. The molecule has 0 bridgehead atoms. The molecule has 0 fully saturated rings. The van der Waals surface area contributed by atoms with Gasteiger partial charge in [-0.15, -0.1) is 0 Å². The minimum Gasteiger partial charge on any atom is -0.486 e. The van der Waals surface area contributed by atoms with Crippen LogP contribution in [0.15, 0.2) is 53.8 Å². The Bertz CT molecular complexity index is 1110. The van der Waals surface area contributed by atoms with Crippen molar-refractivity contribution in [1.82, 2.24) is 14.5 Å². The lowest BCUT2D eigenvalue weighted by Crippen LogP contribution is -2.37. The number of ether oxygens (including phenoxy) is 2. The SMILES string of the molecule is CCn1c(-c2ccc3c(c2)OCCO3)cnc1SCC(=O)N1CCc2ccccc2C1. The van der Waals surface area contributed by atoms with Crippen LogP contribution < -0.4 is 9.47 Å². The predicted octanol–water partition coefficient (Wildman–Crippen LogP) is 4.02. The summed E-state index contributed by atoms with van der Waals surface area (Å²) in [4.78, 5) is 19.4. The lowest BCUT2D eigenvalue weighted by atomic mass is 10.00. The molecule has 160 valence electrons. The van der Waals surface area contributed by atoms with E-state index >= 15 is 0 Å². The van der Waals surface area contributed by atoms with E-state index in [0.717, 1.165) is 47.4 Å². The molecule has 0 saturated carbocycles. The Labute approximate surface area is 186 Å². The number of aromatic nitrogens is 2. The average Bonchev–Trinajstić information content (AvgIpc) is 3.24. The average molecular weight is 436 g/mol. The summed E-state index contributed by atoms with van der Waals surface area (Å²) in [5.41, 5.74) is 4.65. The fourth-order valence-corrected chi connectivity index (χ4v) is 5.08. The highest BCUT2D eigenvalue weighted by molar-refractivity contribution is 7.99. The van der Waals surface area contributed by atoms with Crippen LogP contribution >= 0.6 is 11.8 Å². The molecule has 7 heteroatoms. The van der Waals surface area contributed by atoms with Crippen LogP contribution in [0.1, 0.15) is 18.1 Å². The normalized spacial score (nSPS) is 14.9. The van der Waals surface area contributed by atoms with Gasteiger partial charge in [-0.1, -0.05) is 36.0 Å². The van der Waals surface area contributed by atoms with Gasteiger partial charge in [0, 0.05) is 25.2 Å². The first-order valence-corrected chi connectivity index (χ1v) is 11.6. The zero-order valence-electron chi connectivity index (χ0n) is 17.5. The van der Waals surface area contributed by atoms with Crippen LogP contribution in [-0.4, -0.2) is 45.9 Å². The topological polar surface area (TPSA) is 56.6 Å². The molecule has 2 aliphatic heterocycles. The molecule has 31 heavy (non-hydrogen) atoms. The summed E-state index contributed by atoms with van der Waals surface area (Å²) in [6.45, 7) is 5.49. The maximum Gasteiger partial charge on any atom is 0.233 e. The Morgan fingerprint density at radius 1 is 1.10 bits per heavy atom. The fraction of sp³-hybridized carbons (Fsp3) is 0.333. The number of carbonyl (C=O) groups excluding carboxylic acids is 1. The van der Waals surface area contributed by atoms with Crippen LogP contribution in [0.4, 0.5) is 0 Å². The van der Waals surface area contributed by atoms with Crippen molar-refractivity contribution in [2.24, 2.45) is 0 Å². The van der Waals surface area contributed by atoms with Crippen LogP contribution in [-0.2, 0) is 24.3 Å². The van der Waals surface area contributed by atoms with Crippen molar-refractivity contribution in [1.29, 1.82) is 0 Å². The second kappa shape index (κ2) is 8.67. The van der Waals surface area contributed by atoms with Crippen LogP contribution in [0.25, 0.3) is 11.3 Å². The van der Waals surface area contributed by atoms with Gasteiger partial charge in [-0.2, -0.15) is 0 Å². The fourth-order valence-electron chi connectivity index (χ4n) is 4.14. The van der Waals surface area contributed by atoms with E-state index in [4.69, 9.17) is 9.47 Å². The number of thioether (sulfide) groups is 1. The number of hydrogen-bond acceptors (Lipinski definition) is 5. The molecular weight excluding hydrogens is 410 g/mol. The molecule has 3 aromatic rings. The van der Waals surface area contributed by atoms with Gasteiger partial charge in [0.1, 0.15) is 13.2 Å². The van der Waals surface area contributed by atoms with Crippen LogP contribution in [0.2, 0.25) is 0 Å². The first kappa shape index (κ1) is 20.0. The third-order valence-electron chi connectivity index (χ3n) is 5.78. The van der Waals surface area contributed by atoms with E-state index in [9.17, 15) is 4.79 Å². The zero-order valence-corrected chi connectivity index (χ0v) is 18.4. The largest absolute Gasteiger partial charge is 0.486 e. The molecule has 0 N–H and O–H groups in total. The standard InChI is InChI=1S/C24H25N3O3S/c1-2-27-20(18-7-8-21-22(13-18)30-12-11-29-21)14-25-24(27)31-16-23(28)26-10-9-17-5-3-4-6-19(17)15-26/h3-8,13-14H,2,9-12,15-16H2,1H3. The molecule has 2 aromatic carbocycles. The van der Waals surface area contributed by atoms with E-state index in [1.807, 2.05) is 35.4 Å². The van der Waals surface area contributed by atoms with Gasteiger partial charge in [0.2, 0.25) is 5.91 Å². The second-order valence-electron chi connectivity index (χ2n) is 7.65. The van der Waals surface area contributed by atoms with Gasteiger partial charge < -0.3 is 18.9 Å². The molecule has 1 aromatic heterocycles. The number of carbonyl (C=O) groups is 1. The van der Waals surface area contributed by atoms with Crippen molar-refractivity contribution in [3.63, 3.8) is 0 Å². The van der Waals surface area contributed by atoms with Crippen molar-refractivity contribution in [3.05, 3.63) is 59.8 Å². The Morgan fingerprint density at radius 3 is 2.74 bits per heavy atom. The minimum absolute atomic E-state index is 0.158. The smallest absolute Gasteiger partial charge is 0.233 e. The molecule has 0 spiro atoms. The highest BCUT2D eigenvalue weighted by Crippen LogP contribution is 2.35. The molecule has 1 amide bonds. The lowest BCUT2D eigenvalue weighted by molar-refractivity contribution is -0.129. The summed E-state index contributed by atoms with van der Waals surface area (Å²) < 4.78 is 13.5. The molecule has 0 radical (unpaired) electrons. The first-order chi connectivity index (χ1) is 15.2. The van der Waals surface area contributed by atoms with Gasteiger partial charge in [0.15, 0.2) is 16.7 Å². The summed E-state index contributed by atoms with van der Waals surface area (Å²) in [6, 6.07) is 14.4. The Hall–Kier alpha value is -2.93. The molecule has 0 saturated heterocycles. The molecule has 2 aliphatic rings. The van der Waals surface area contributed by atoms with Gasteiger partial charge >= 0.3 is 0 Å². The van der Waals surface area contributed by atoms with Crippen LogP contribution in [0.3, 0.4) is 0 Å². The van der Waals surface area contributed by atoms with Crippen molar-refractivity contribution < 1.29 is 14.3 Å². The van der Waals surface area contributed by atoms with E-state index in [1.165, 1.54) is 22.9 Å². The number of imidazole rings is 1. The van der Waals surface area contributed by atoms with E-state index in [-0.39, 0.29) is 5.91 Å².